The number of aromatic nitrogens is 4. The van der Waals surface area contributed by atoms with E-state index in [2.05, 4.69) is 15.5 Å². The fourth-order valence-electron chi connectivity index (χ4n) is 4.59. The molecule has 2 aromatic carbocycles. The van der Waals surface area contributed by atoms with E-state index in [-0.39, 0.29) is 5.52 Å². The van der Waals surface area contributed by atoms with Crippen LogP contribution in [-0.2, 0) is 15.6 Å². The molecule has 0 spiro atoms. The van der Waals surface area contributed by atoms with Crippen molar-refractivity contribution in [3.05, 3.63) is 58.5 Å². The van der Waals surface area contributed by atoms with Gasteiger partial charge in [0.1, 0.15) is 11.6 Å². The maximum Gasteiger partial charge on any atom is 0.236 e. The molecule has 0 aliphatic carbocycles. The second-order valence-corrected chi connectivity index (χ2v) is 10.9. The summed E-state index contributed by atoms with van der Waals surface area (Å²) < 4.78 is 42.1. The molecular weight excluding hydrogens is 453 g/mol. The summed E-state index contributed by atoms with van der Waals surface area (Å²) in [4.78, 5) is 0. The van der Waals surface area contributed by atoms with E-state index >= 15 is 0 Å². The number of nitrogens with zero attached hydrogens (tertiary/aromatic N) is 4. The number of benzene rings is 2. The number of halogens is 2. The topological polar surface area (TPSA) is 81.8 Å². The highest BCUT2D eigenvalue weighted by atomic mass is 35.5. The largest absolute Gasteiger partial charge is 0.371 e. The van der Waals surface area contributed by atoms with E-state index in [1.54, 1.807) is 6.07 Å². The molecule has 4 aromatic rings. The van der Waals surface area contributed by atoms with Gasteiger partial charge >= 0.3 is 0 Å². The van der Waals surface area contributed by atoms with Gasteiger partial charge < -0.3 is 5.32 Å². The van der Waals surface area contributed by atoms with Gasteiger partial charge in [-0.3, -0.25) is 4.57 Å². The van der Waals surface area contributed by atoms with Gasteiger partial charge in [0.25, 0.3) is 0 Å². The number of nitrogens with one attached hydrogen (secondary N) is 1. The normalized spacial score (nSPS) is 14.8. The van der Waals surface area contributed by atoms with E-state index in [1.807, 2.05) is 38.3 Å². The molecule has 1 aliphatic rings. The highest BCUT2D eigenvalue weighted by Crippen LogP contribution is 2.46. The summed E-state index contributed by atoms with van der Waals surface area (Å²) in [5, 5.41) is 13.1. The lowest BCUT2D eigenvalue weighted by atomic mass is 9.92. The molecule has 0 amide bonds. The molecule has 32 heavy (non-hydrogen) atoms. The standard InChI is InChI=1S/C22H21ClFN5O2S/c1-11-19(15-8-13(24)9-18-14(15)6-7-28(18)32(5,30)31)16(23)10-17-20(11)29-12(2)26-27-21(29)22(3,4)25-17/h6-10,25H,1-5H3. The van der Waals surface area contributed by atoms with Crippen LogP contribution in [0.2, 0.25) is 5.02 Å². The Bertz CT molecular complexity index is 1550. The summed E-state index contributed by atoms with van der Waals surface area (Å²) >= 11 is 6.76. The van der Waals surface area contributed by atoms with E-state index in [4.69, 9.17) is 11.6 Å². The first-order valence-electron chi connectivity index (χ1n) is 9.96. The van der Waals surface area contributed by atoms with Gasteiger partial charge in [0.15, 0.2) is 5.82 Å². The van der Waals surface area contributed by atoms with Gasteiger partial charge in [-0.1, -0.05) is 11.6 Å². The van der Waals surface area contributed by atoms with Crippen LogP contribution in [0.5, 0.6) is 0 Å². The predicted octanol–water partition coefficient (Wildman–Crippen LogP) is 4.77. The van der Waals surface area contributed by atoms with Gasteiger partial charge in [-0.25, -0.2) is 16.8 Å². The van der Waals surface area contributed by atoms with Crippen LogP contribution in [0.3, 0.4) is 0 Å². The van der Waals surface area contributed by atoms with Crippen molar-refractivity contribution in [3.8, 4) is 16.8 Å². The smallest absolute Gasteiger partial charge is 0.236 e. The monoisotopic (exact) mass is 473 g/mol. The highest BCUT2D eigenvalue weighted by Gasteiger charge is 2.36. The van der Waals surface area contributed by atoms with Crippen LogP contribution < -0.4 is 5.32 Å². The van der Waals surface area contributed by atoms with Crippen LogP contribution >= 0.6 is 11.6 Å². The molecule has 10 heteroatoms. The zero-order valence-corrected chi connectivity index (χ0v) is 19.7. The third-order valence-corrected chi connectivity index (χ3v) is 7.24. The summed E-state index contributed by atoms with van der Waals surface area (Å²) in [5.41, 5.74) is 3.39. The first-order chi connectivity index (χ1) is 14.9. The zero-order valence-electron chi connectivity index (χ0n) is 18.2. The van der Waals surface area contributed by atoms with Gasteiger partial charge in [-0.15, -0.1) is 10.2 Å². The molecule has 0 radical (unpaired) electrons. The van der Waals surface area contributed by atoms with Gasteiger partial charge in [0, 0.05) is 17.1 Å². The summed E-state index contributed by atoms with van der Waals surface area (Å²) in [6, 6.07) is 6.08. The minimum Gasteiger partial charge on any atom is -0.371 e. The van der Waals surface area contributed by atoms with Crippen molar-refractivity contribution in [2.75, 3.05) is 11.6 Å². The summed E-state index contributed by atoms with van der Waals surface area (Å²) in [5.74, 6) is 0.927. The Kier molecular flexibility index (Phi) is 4.29. The molecule has 5 rings (SSSR count). The zero-order chi connectivity index (χ0) is 23.2. The van der Waals surface area contributed by atoms with Crippen molar-refractivity contribution in [3.63, 3.8) is 0 Å². The fourth-order valence-corrected chi connectivity index (χ4v) is 5.73. The first-order valence-corrected chi connectivity index (χ1v) is 12.2. The molecule has 0 saturated heterocycles. The highest BCUT2D eigenvalue weighted by molar-refractivity contribution is 7.89. The second-order valence-electron chi connectivity index (χ2n) is 8.67. The minimum absolute atomic E-state index is 0.260. The molecule has 0 fully saturated rings. The summed E-state index contributed by atoms with van der Waals surface area (Å²) in [7, 11) is -3.60. The van der Waals surface area contributed by atoms with Gasteiger partial charge in [-0.2, -0.15) is 0 Å². The van der Waals surface area contributed by atoms with Crippen LogP contribution in [0.25, 0.3) is 27.7 Å². The quantitative estimate of drug-likeness (QED) is 0.453. The van der Waals surface area contributed by atoms with Crippen LogP contribution in [0.4, 0.5) is 10.1 Å². The Labute approximate surface area is 189 Å². The van der Waals surface area contributed by atoms with E-state index < -0.39 is 21.4 Å². The number of fused-ring (bicyclic) bond motifs is 4. The van der Waals surface area contributed by atoms with E-state index in [1.165, 1.54) is 18.3 Å². The lowest BCUT2D eigenvalue weighted by Crippen LogP contribution is -2.36. The third kappa shape index (κ3) is 2.87. The van der Waals surface area contributed by atoms with Crippen molar-refractivity contribution in [2.45, 2.75) is 33.2 Å². The SMILES string of the molecule is Cc1c(-c2cc(F)cc3c2ccn3S(C)(=O)=O)c(Cl)cc2c1-n1c(C)nnc1C(C)(C)N2. The van der Waals surface area contributed by atoms with Crippen LogP contribution in [0, 0.1) is 19.7 Å². The van der Waals surface area contributed by atoms with Crippen molar-refractivity contribution in [1.82, 2.24) is 18.7 Å². The Hall–Kier alpha value is -2.91. The van der Waals surface area contributed by atoms with Crippen LogP contribution in [-0.4, -0.2) is 33.4 Å². The minimum atomic E-state index is -3.60. The molecule has 0 atom stereocenters. The lowest BCUT2D eigenvalue weighted by Gasteiger charge is -2.35. The van der Waals surface area contributed by atoms with Crippen LogP contribution in [0.1, 0.15) is 31.1 Å². The molecule has 166 valence electrons. The Balaban J connectivity index is 1.87. The van der Waals surface area contributed by atoms with Crippen molar-refractivity contribution < 1.29 is 12.8 Å². The van der Waals surface area contributed by atoms with E-state index in [0.29, 0.717) is 21.5 Å². The number of rotatable bonds is 2. The lowest BCUT2D eigenvalue weighted by molar-refractivity contribution is 0.535. The molecule has 3 heterocycles. The fraction of sp³-hybridized carbons (Fsp3) is 0.273. The number of anilines is 1. The van der Waals surface area contributed by atoms with Crippen LogP contribution in [0.15, 0.2) is 30.5 Å². The van der Waals surface area contributed by atoms with Gasteiger partial charge in [-0.05, 0) is 63.1 Å². The van der Waals surface area contributed by atoms with Crippen molar-refractivity contribution in [2.24, 2.45) is 0 Å². The Morgan fingerprint density at radius 1 is 1.16 bits per heavy atom. The van der Waals surface area contributed by atoms with Crippen molar-refractivity contribution in [1.29, 1.82) is 0 Å². The molecule has 7 nitrogen and oxygen atoms in total. The van der Waals surface area contributed by atoms with Gasteiger partial charge in [0.2, 0.25) is 10.0 Å². The van der Waals surface area contributed by atoms with E-state index in [0.717, 1.165) is 38.8 Å². The molecule has 1 N–H and O–H groups in total. The Morgan fingerprint density at radius 2 is 1.88 bits per heavy atom. The molecule has 1 aliphatic heterocycles. The first kappa shape index (κ1) is 21.0. The molecule has 0 bridgehead atoms. The number of hydrogen-bond acceptors (Lipinski definition) is 5. The third-order valence-electron chi connectivity index (χ3n) is 5.91. The second kappa shape index (κ2) is 6.55. The molecule has 0 unspecified atom stereocenters. The van der Waals surface area contributed by atoms with Gasteiger partial charge in [0.05, 0.1) is 33.7 Å². The van der Waals surface area contributed by atoms with Crippen molar-refractivity contribution >= 4 is 38.2 Å². The molecule has 0 saturated carbocycles. The summed E-state index contributed by atoms with van der Waals surface area (Å²) in [6.45, 7) is 7.81. The molecule has 2 aromatic heterocycles. The van der Waals surface area contributed by atoms with E-state index in [9.17, 15) is 12.8 Å². The maximum atomic E-state index is 14.7. The molecular formula is C22H21ClFN5O2S. The maximum absolute atomic E-state index is 14.7. The average Bonchev–Trinajstić information content (AvgIpc) is 3.25. The number of aryl methyl sites for hydroxylation is 1. The number of hydrogen-bond donors (Lipinski definition) is 1. The average molecular weight is 474 g/mol. The Morgan fingerprint density at radius 3 is 2.56 bits per heavy atom. The summed E-state index contributed by atoms with van der Waals surface area (Å²) in [6.07, 6.45) is 2.51. The predicted molar refractivity (Wildman–Crippen MR) is 124 cm³/mol.